The van der Waals surface area contributed by atoms with Gasteiger partial charge in [0.2, 0.25) is 0 Å². The van der Waals surface area contributed by atoms with Gasteiger partial charge in [-0.15, -0.1) is 0 Å². The maximum absolute atomic E-state index is 16.1. The highest BCUT2D eigenvalue weighted by Crippen LogP contribution is 2.47. The third-order valence-corrected chi connectivity index (χ3v) is 14.3. The molecule has 0 amide bonds. The van der Waals surface area contributed by atoms with Crippen molar-refractivity contribution in [3.8, 4) is 0 Å². The van der Waals surface area contributed by atoms with Crippen LogP contribution in [-0.2, 0) is 9.47 Å². The lowest BCUT2D eigenvalue weighted by molar-refractivity contribution is -0.00537. The molecule has 1 fully saturated rings. The van der Waals surface area contributed by atoms with Crippen molar-refractivity contribution in [3.63, 3.8) is 0 Å². The molecule has 1 heterocycles. The van der Waals surface area contributed by atoms with Crippen molar-refractivity contribution in [3.05, 3.63) is 88.7 Å². The van der Waals surface area contributed by atoms with Gasteiger partial charge in [-0.1, -0.05) is 109 Å². The van der Waals surface area contributed by atoms with E-state index in [1.165, 1.54) is 7.11 Å². The predicted molar refractivity (Wildman–Crippen MR) is 166 cm³/mol. The van der Waals surface area contributed by atoms with Crippen LogP contribution in [0.5, 0.6) is 0 Å². The van der Waals surface area contributed by atoms with E-state index in [0.29, 0.717) is 24.3 Å². The normalized spacial score (nSPS) is 19.3. The number of anilines is 1. The van der Waals surface area contributed by atoms with E-state index in [1.807, 2.05) is 55.1 Å². The standard InChI is InChI=1S/C32H40ClFN2O4Si/c1-21-18-36(19-22(2)40-21)30-25(17-26(33)29(34)28(30)27(35-38)20-39-6)31(37)41(32(3,4)5,23-13-9-7-10-14-23)24-15-11-8-12-16-24/h7-17,21-22,31,37-38H,18-20H2,1-6H3/t21-,22+,31?. The third-order valence-electron chi connectivity index (χ3n) is 7.99. The van der Waals surface area contributed by atoms with Gasteiger partial charge in [-0.05, 0) is 25.0 Å². The first kappa shape index (κ1) is 31.2. The average Bonchev–Trinajstić information content (AvgIpc) is 2.93. The average molecular weight is 599 g/mol. The molecule has 1 aliphatic rings. The Morgan fingerprint density at radius 3 is 2.02 bits per heavy atom. The summed E-state index contributed by atoms with van der Waals surface area (Å²) in [5.41, 5.74) is -0.117. The topological polar surface area (TPSA) is 74.5 Å². The Morgan fingerprint density at radius 1 is 1.07 bits per heavy atom. The quantitative estimate of drug-likeness (QED) is 0.154. The van der Waals surface area contributed by atoms with Crippen molar-refractivity contribution in [1.82, 2.24) is 0 Å². The fourth-order valence-electron chi connectivity index (χ4n) is 6.49. The zero-order valence-corrected chi connectivity index (χ0v) is 26.3. The number of halogens is 2. The first-order chi connectivity index (χ1) is 19.5. The summed E-state index contributed by atoms with van der Waals surface area (Å²) in [6.45, 7) is 11.1. The molecule has 220 valence electrons. The van der Waals surface area contributed by atoms with Crippen LogP contribution in [0, 0.1) is 5.82 Å². The molecule has 3 aromatic carbocycles. The highest BCUT2D eigenvalue weighted by molar-refractivity contribution is 7.04. The van der Waals surface area contributed by atoms with Crippen LogP contribution < -0.4 is 15.3 Å². The minimum Gasteiger partial charge on any atom is -0.411 e. The molecule has 4 rings (SSSR count). The number of hydrogen-bond acceptors (Lipinski definition) is 6. The van der Waals surface area contributed by atoms with E-state index in [1.54, 1.807) is 6.07 Å². The smallest absolute Gasteiger partial charge is 0.159 e. The zero-order valence-electron chi connectivity index (χ0n) is 24.6. The van der Waals surface area contributed by atoms with Gasteiger partial charge >= 0.3 is 0 Å². The summed E-state index contributed by atoms with van der Waals surface area (Å²) in [6, 6.07) is 21.7. The second-order valence-corrected chi connectivity index (χ2v) is 17.0. The van der Waals surface area contributed by atoms with Gasteiger partial charge in [-0.3, -0.25) is 0 Å². The second-order valence-electron chi connectivity index (χ2n) is 11.8. The summed E-state index contributed by atoms with van der Waals surface area (Å²) < 4.78 is 27.4. The SMILES string of the molecule is COCC(=NO)c1c(F)c(Cl)cc(C(O)[Si](c2ccccc2)(c2ccccc2)C(C)(C)C)c1N1C[C@@H](C)O[C@@H](C)C1. The number of aliphatic hydroxyl groups is 1. The second kappa shape index (κ2) is 12.6. The van der Waals surface area contributed by atoms with Gasteiger partial charge in [0.1, 0.15) is 5.71 Å². The fraction of sp³-hybridized carbons (Fsp3) is 0.406. The van der Waals surface area contributed by atoms with E-state index in [4.69, 9.17) is 21.1 Å². The Labute approximate surface area is 248 Å². The first-order valence-corrected chi connectivity index (χ1v) is 16.3. The predicted octanol–water partition coefficient (Wildman–Crippen LogP) is 5.55. The minimum atomic E-state index is -3.17. The number of ether oxygens (including phenoxy) is 2. The van der Waals surface area contributed by atoms with Crippen molar-refractivity contribution < 1.29 is 24.2 Å². The van der Waals surface area contributed by atoms with Crippen LogP contribution in [-0.4, -0.2) is 63.1 Å². The summed E-state index contributed by atoms with van der Waals surface area (Å²) in [5.74, 6) is -0.725. The molecule has 0 spiro atoms. The van der Waals surface area contributed by atoms with Gasteiger partial charge in [0.05, 0.1) is 40.8 Å². The van der Waals surface area contributed by atoms with Gasteiger partial charge < -0.3 is 24.7 Å². The molecule has 6 nitrogen and oxygen atoms in total. The molecule has 1 unspecified atom stereocenters. The van der Waals surface area contributed by atoms with Crippen LogP contribution in [0.4, 0.5) is 10.1 Å². The Balaban J connectivity index is 2.14. The maximum atomic E-state index is 16.1. The van der Waals surface area contributed by atoms with Gasteiger partial charge in [0, 0.05) is 25.8 Å². The largest absolute Gasteiger partial charge is 0.411 e. The summed E-state index contributed by atoms with van der Waals surface area (Å²) in [4.78, 5) is 2.02. The Kier molecular flexibility index (Phi) is 9.61. The number of oxime groups is 1. The van der Waals surface area contributed by atoms with Crippen molar-refractivity contribution in [2.45, 2.75) is 57.6 Å². The first-order valence-electron chi connectivity index (χ1n) is 13.9. The van der Waals surface area contributed by atoms with Crippen LogP contribution in [0.3, 0.4) is 0 Å². The fourth-order valence-corrected chi connectivity index (χ4v) is 12.3. The van der Waals surface area contributed by atoms with Gasteiger partial charge in [0.15, 0.2) is 13.9 Å². The molecule has 2 N–H and O–H groups in total. The van der Waals surface area contributed by atoms with Crippen LogP contribution in [0.2, 0.25) is 10.1 Å². The van der Waals surface area contributed by atoms with E-state index in [2.05, 4.69) is 50.2 Å². The lowest BCUT2D eigenvalue weighted by atomic mass is 9.99. The monoisotopic (exact) mass is 598 g/mol. The van der Waals surface area contributed by atoms with Crippen molar-refractivity contribution in [2.75, 3.05) is 31.7 Å². The number of methoxy groups -OCH3 is 1. The molecular weight excluding hydrogens is 559 g/mol. The molecular formula is C32H40ClFN2O4Si. The Bertz CT molecular complexity index is 1320. The molecule has 0 saturated carbocycles. The van der Waals surface area contributed by atoms with Crippen molar-refractivity contribution in [1.29, 1.82) is 0 Å². The van der Waals surface area contributed by atoms with Crippen LogP contribution >= 0.6 is 11.6 Å². The summed E-state index contributed by atoms with van der Waals surface area (Å²) in [5, 5.41) is 27.9. The highest BCUT2D eigenvalue weighted by Gasteiger charge is 2.54. The van der Waals surface area contributed by atoms with Crippen LogP contribution in [0.1, 0.15) is 51.5 Å². The summed E-state index contributed by atoms with van der Waals surface area (Å²) in [6.07, 6.45) is -0.305. The molecule has 0 aromatic heterocycles. The number of benzene rings is 3. The number of hydrogen-bond donors (Lipinski definition) is 2. The van der Waals surface area contributed by atoms with E-state index >= 15 is 4.39 Å². The molecule has 0 radical (unpaired) electrons. The van der Waals surface area contributed by atoms with E-state index < -0.39 is 24.7 Å². The van der Waals surface area contributed by atoms with E-state index in [9.17, 15) is 10.3 Å². The molecule has 3 aromatic rings. The number of morpholine rings is 1. The highest BCUT2D eigenvalue weighted by atomic mass is 35.5. The molecule has 1 saturated heterocycles. The molecule has 41 heavy (non-hydrogen) atoms. The Hall–Kier alpha value is -2.75. The van der Waals surface area contributed by atoms with Gasteiger partial charge in [0.25, 0.3) is 0 Å². The zero-order chi connectivity index (χ0) is 29.9. The molecule has 3 atom stereocenters. The third kappa shape index (κ3) is 5.81. The minimum absolute atomic E-state index is 0.00908. The van der Waals surface area contributed by atoms with E-state index in [-0.39, 0.29) is 35.1 Å². The van der Waals surface area contributed by atoms with Crippen molar-refractivity contribution in [2.24, 2.45) is 5.16 Å². The molecule has 0 aliphatic carbocycles. The van der Waals surface area contributed by atoms with Crippen molar-refractivity contribution >= 4 is 41.4 Å². The maximum Gasteiger partial charge on any atom is 0.159 e. The summed E-state index contributed by atoms with van der Waals surface area (Å²) in [7, 11) is -1.72. The van der Waals surface area contributed by atoms with Crippen LogP contribution in [0.15, 0.2) is 71.9 Å². The van der Waals surface area contributed by atoms with E-state index in [0.717, 1.165) is 10.4 Å². The number of rotatable bonds is 8. The molecule has 9 heteroatoms. The molecule has 1 aliphatic heterocycles. The lowest BCUT2D eigenvalue weighted by Gasteiger charge is -2.48. The Morgan fingerprint density at radius 2 is 1.59 bits per heavy atom. The number of nitrogens with zero attached hydrogens (tertiary/aromatic N) is 2. The van der Waals surface area contributed by atoms with Crippen LogP contribution in [0.25, 0.3) is 0 Å². The summed E-state index contributed by atoms with van der Waals surface area (Å²) >= 11 is 6.60. The molecule has 0 bridgehead atoms. The number of aliphatic hydroxyl groups excluding tert-OH is 1. The lowest BCUT2D eigenvalue weighted by Crippen LogP contribution is -2.68. The van der Waals surface area contributed by atoms with Gasteiger partial charge in [-0.25, -0.2) is 4.39 Å². The van der Waals surface area contributed by atoms with Gasteiger partial charge in [-0.2, -0.15) is 0 Å².